The molecule has 0 amide bonds. The number of carbonyl (C=O) groups is 2. The van der Waals surface area contributed by atoms with Gasteiger partial charge in [0, 0.05) is 31.7 Å². The van der Waals surface area contributed by atoms with Gasteiger partial charge in [0.2, 0.25) is 0 Å². The molecule has 0 spiro atoms. The molecule has 202 valence electrons. The summed E-state index contributed by atoms with van der Waals surface area (Å²) in [4.78, 5) is 32.1. The number of fused-ring (bicyclic) bond motifs is 1. The smallest absolute Gasteiger partial charge is 0.355 e. The fourth-order valence-electron chi connectivity index (χ4n) is 5.88. The molecule has 2 atom stereocenters. The molecule has 3 aliphatic heterocycles. The Balaban J connectivity index is 1.63. The first-order chi connectivity index (χ1) is 18.9. The van der Waals surface area contributed by atoms with Crippen molar-refractivity contribution < 1.29 is 23.5 Å². The van der Waals surface area contributed by atoms with Crippen molar-refractivity contribution in [2.75, 3.05) is 50.2 Å². The highest BCUT2D eigenvalue weighted by molar-refractivity contribution is 6.06. The van der Waals surface area contributed by atoms with Crippen LogP contribution in [0.5, 0.6) is 0 Å². The zero-order chi connectivity index (χ0) is 27.7. The van der Waals surface area contributed by atoms with Crippen LogP contribution in [0.25, 0.3) is 0 Å². The highest BCUT2D eigenvalue weighted by Crippen LogP contribution is 2.43. The summed E-state index contributed by atoms with van der Waals surface area (Å²) in [6.45, 7) is 3.39. The molecule has 9 nitrogen and oxygen atoms in total. The highest BCUT2D eigenvalue weighted by Gasteiger charge is 2.43. The van der Waals surface area contributed by atoms with Crippen LogP contribution in [0.3, 0.4) is 0 Å². The van der Waals surface area contributed by atoms with Gasteiger partial charge >= 0.3 is 11.9 Å². The van der Waals surface area contributed by atoms with Crippen molar-refractivity contribution in [1.29, 1.82) is 5.26 Å². The summed E-state index contributed by atoms with van der Waals surface area (Å²) >= 11 is 0. The molecule has 2 unspecified atom stereocenters. The average molecular weight is 532 g/mol. The number of methoxy groups -OCH3 is 2. The van der Waals surface area contributed by atoms with Crippen molar-refractivity contribution in [2.24, 2.45) is 5.73 Å². The lowest BCUT2D eigenvalue weighted by molar-refractivity contribution is -0.139. The van der Waals surface area contributed by atoms with Crippen LogP contribution in [0.4, 0.5) is 15.8 Å². The summed E-state index contributed by atoms with van der Waals surface area (Å²) in [7, 11) is 2.36. The molecule has 5 rings (SSSR count). The molecule has 0 bridgehead atoms. The second-order valence-electron chi connectivity index (χ2n) is 9.75. The minimum absolute atomic E-state index is 0.0242. The lowest BCUT2D eigenvalue weighted by Crippen LogP contribution is -2.50. The lowest BCUT2D eigenvalue weighted by atomic mass is 9.81. The van der Waals surface area contributed by atoms with E-state index in [4.69, 9.17) is 15.2 Å². The largest absolute Gasteiger partial charge is 0.466 e. The Hall–Kier alpha value is -4.36. The van der Waals surface area contributed by atoms with Gasteiger partial charge in [-0.05, 0) is 37.1 Å². The maximum atomic E-state index is 15.7. The Bertz CT molecular complexity index is 1400. The molecule has 0 aromatic heterocycles. The van der Waals surface area contributed by atoms with Crippen molar-refractivity contribution in [3.8, 4) is 6.07 Å². The normalized spacial score (nSPS) is 21.5. The topological polar surface area (TPSA) is 112 Å². The zero-order valence-electron chi connectivity index (χ0n) is 21.9. The van der Waals surface area contributed by atoms with Crippen LogP contribution in [0.15, 0.2) is 71.2 Å². The molecule has 3 heterocycles. The Labute approximate surface area is 226 Å². The summed E-state index contributed by atoms with van der Waals surface area (Å²) < 4.78 is 25.8. The number of piperazine rings is 1. The van der Waals surface area contributed by atoms with E-state index in [1.165, 1.54) is 25.2 Å². The third kappa shape index (κ3) is 4.59. The molecule has 2 fully saturated rings. The van der Waals surface area contributed by atoms with Crippen LogP contribution in [-0.4, -0.2) is 63.3 Å². The van der Waals surface area contributed by atoms with E-state index in [1.807, 2.05) is 4.90 Å². The number of hydrogen-bond acceptors (Lipinski definition) is 9. The number of nitriles is 1. The first-order valence-corrected chi connectivity index (χ1v) is 12.8. The number of rotatable bonds is 5. The molecule has 2 saturated heterocycles. The highest BCUT2D eigenvalue weighted by atomic mass is 19.1. The van der Waals surface area contributed by atoms with Gasteiger partial charge in [0.25, 0.3) is 0 Å². The summed E-state index contributed by atoms with van der Waals surface area (Å²) in [6, 6.07) is 15.8. The molecular formula is C29H30FN5O4. The monoisotopic (exact) mass is 531 g/mol. The summed E-state index contributed by atoms with van der Waals surface area (Å²) in [6.07, 6.45) is 2.24. The van der Waals surface area contributed by atoms with Crippen LogP contribution in [0.1, 0.15) is 24.3 Å². The van der Waals surface area contributed by atoms with E-state index in [1.54, 1.807) is 42.5 Å². The van der Waals surface area contributed by atoms with Gasteiger partial charge in [-0.25, -0.2) is 14.0 Å². The van der Waals surface area contributed by atoms with E-state index in [2.05, 4.69) is 11.0 Å². The maximum Gasteiger partial charge on any atom is 0.355 e. The first kappa shape index (κ1) is 26.3. The van der Waals surface area contributed by atoms with Crippen molar-refractivity contribution >= 4 is 23.3 Å². The zero-order valence-corrected chi connectivity index (χ0v) is 21.9. The van der Waals surface area contributed by atoms with Gasteiger partial charge in [-0.3, -0.25) is 9.80 Å². The number of ether oxygens (including phenoxy) is 2. The van der Waals surface area contributed by atoms with Crippen molar-refractivity contribution in [1.82, 2.24) is 4.90 Å². The Kier molecular flexibility index (Phi) is 7.26. The minimum Gasteiger partial charge on any atom is -0.466 e. The Morgan fingerprint density at radius 1 is 1.05 bits per heavy atom. The molecule has 0 saturated carbocycles. The van der Waals surface area contributed by atoms with Gasteiger partial charge in [0.1, 0.15) is 17.3 Å². The average Bonchev–Trinajstić information content (AvgIpc) is 3.44. The van der Waals surface area contributed by atoms with Crippen LogP contribution in [0.2, 0.25) is 0 Å². The number of halogens is 1. The van der Waals surface area contributed by atoms with E-state index in [9.17, 15) is 14.9 Å². The number of allylic oxidation sites excluding steroid dienone is 1. The van der Waals surface area contributed by atoms with E-state index < -0.39 is 23.7 Å². The number of nitrogens with two attached hydrogens (primary N) is 1. The molecule has 39 heavy (non-hydrogen) atoms. The second kappa shape index (κ2) is 10.8. The SMILES string of the molecule is COC(=O)C1=C(C(=O)OC)N(c2ccc(N3CCN4CCCC4C3)c(F)c2)C(N)=C(C#N)C1c1ccccc1. The van der Waals surface area contributed by atoms with Gasteiger partial charge < -0.3 is 20.1 Å². The molecular weight excluding hydrogens is 501 g/mol. The summed E-state index contributed by atoms with van der Waals surface area (Å²) in [5, 5.41) is 10.2. The molecule has 2 N–H and O–H groups in total. The second-order valence-corrected chi connectivity index (χ2v) is 9.75. The van der Waals surface area contributed by atoms with Gasteiger partial charge in [-0.15, -0.1) is 0 Å². The number of nitrogens with zero attached hydrogens (tertiary/aromatic N) is 4. The number of hydrogen-bond donors (Lipinski definition) is 1. The number of carbonyl (C=O) groups excluding carboxylic acids is 2. The Morgan fingerprint density at radius 2 is 1.79 bits per heavy atom. The van der Waals surface area contributed by atoms with Crippen molar-refractivity contribution in [2.45, 2.75) is 24.8 Å². The molecule has 0 aliphatic carbocycles. The third-order valence-corrected chi connectivity index (χ3v) is 7.73. The number of anilines is 2. The van der Waals surface area contributed by atoms with E-state index >= 15 is 4.39 Å². The fourth-order valence-corrected chi connectivity index (χ4v) is 5.88. The lowest BCUT2D eigenvalue weighted by Gasteiger charge is -2.39. The van der Waals surface area contributed by atoms with Crippen LogP contribution in [0, 0.1) is 17.1 Å². The van der Waals surface area contributed by atoms with Crippen LogP contribution < -0.4 is 15.5 Å². The van der Waals surface area contributed by atoms with Gasteiger partial charge in [-0.2, -0.15) is 5.26 Å². The molecule has 10 heteroatoms. The third-order valence-electron chi connectivity index (χ3n) is 7.73. The van der Waals surface area contributed by atoms with Crippen molar-refractivity contribution in [3.05, 3.63) is 82.6 Å². The fraction of sp³-hybridized carbons (Fsp3) is 0.345. The summed E-state index contributed by atoms with van der Waals surface area (Å²) in [5.74, 6) is -3.30. The first-order valence-electron chi connectivity index (χ1n) is 12.8. The molecule has 0 radical (unpaired) electrons. The van der Waals surface area contributed by atoms with Gasteiger partial charge in [-0.1, -0.05) is 30.3 Å². The number of benzene rings is 2. The van der Waals surface area contributed by atoms with E-state index in [0.29, 0.717) is 23.8 Å². The maximum absolute atomic E-state index is 15.7. The molecule has 3 aliphatic rings. The standard InChI is InChI=1S/C29H30FN5O4/c1-38-28(36)25-24(18-7-4-3-5-8-18)21(16-31)27(32)35(26(25)29(37)39-2)19-10-11-23(22(30)15-19)34-14-13-33-12-6-9-20(33)17-34/h3-5,7-8,10-11,15,20,24H,6,9,12-14,17,32H2,1-2H3. The quantitative estimate of drug-likeness (QED) is 0.582. The van der Waals surface area contributed by atoms with Gasteiger partial charge in [0.15, 0.2) is 0 Å². The molecule has 2 aromatic rings. The van der Waals surface area contributed by atoms with E-state index in [0.717, 1.165) is 32.5 Å². The number of esters is 2. The van der Waals surface area contributed by atoms with Gasteiger partial charge in [0.05, 0.1) is 48.7 Å². The minimum atomic E-state index is -0.985. The molecule has 2 aromatic carbocycles. The van der Waals surface area contributed by atoms with Crippen molar-refractivity contribution in [3.63, 3.8) is 0 Å². The predicted molar refractivity (Wildman–Crippen MR) is 143 cm³/mol. The Morgan fingerprint density at radius 3 is 2.46 bits per heavy atom. The van der Waals surface area contributed by atoms with Crippen LogP contribution >= 0.6 is 0 Å². The summed E-state index contributed by atoms with van der Waals surface area (Å²) in [5.41, 5.74) is 7.37. The van der Waals surface area contributed by atoms with Crippen LogP contribution in [-0.2, 0) is 19.1 Å². The predicted octanol–water partition coefficient (Wildman–Crippen LogP) is 3.01. The van der Waals surface area contributed by atoms with E-state index in [-0.39, 0.29) is 28.4 Å².